The lowest BCUT2D eigenvalue weighted by Crippen LogP contribution is -2.31. The highest BCUT2D eigenvalue weighted by Crippen LogP contribution is 2.24. The number of benzene rings is 1. The van der Waals surface area contributed by atoms with Crippen LogP contribution in [0.4, 0.5) is 0 Å². The molecule has 102 valence electrons. The van der Waals surface area contributed by atoms with Crippen LogP contribution in [-0.2, 0) is 4.79 Å². The van der Waals surface area contributed by atoms with Crippen molar-refractivity contribution < 1.29 is 9.59 Å². The Bertz CT molecular complexity index is 427. The van der Waals surface area contributed by atoms with E-state index in [2.05, 4.69) is 5.32 Å². The Kier molecular flexibility index (Phi) is 5.45. The van der Waals surface area contributed by atoms with E-state index in [4.69, 9.17) is 0 Å². The minimum absolute atomic E-state index is 0.00109. The number of carbonyl (C=O) groups is 2. The van der Waals surface area contributed by atoms with Crippen LogP contribution in [0, 0.1) is 5.92 Å². The summed E-state index contributed by atoms with van der Waals surface area (Å²) in [5, 5.41) is 2.73. The van der Waals surface area contributed by atoms with Gasteiger partial charge in [0, 0.05) is 12.0 Å². The first-order valence-corrected chi connectivity index (χ1v) is 7.84. The zero-order chi connectivity index (χ0) is 13.5. The van der Waals surface area contributed by atoms with Crippen molar-refractivity contribution >= 4 is 23.5 Å². The molecule has 0 aromatic heterocycles. The molecule has 1 fully saturated rings. The molecule has 1 amide bonds. The topological polar surface area (TPSA) is 46.2 Å². The van der Waals surface area contributed by atoms with Gasteiger partial charge in [-0.15, -0.1) is 0 Å². The van der Waals surface area contributed by atoms with Crippen molar-refractivity contribution in [2.24, 2.45) is 5.92 Å². The van der Waals surface area contributed by atoms with E-state index in [1.165, 1.54) is 0 Å². The fourth-order valence-corrected chi connectivity index (χ4v) is 3.39. The summed E-state index contributed by atoms with van der Waals surface area (Å²) in [5.74, 6) is 2.77. The SMILES string of the molecule is O=C(CC1CCSCC1)NCC(=O)c1ccccc1. The second kappa shape index (κ2) is 7.34. The molecule has 19 heavy (non-hydrogen) atoms. The molecule has 1 aliphatic heterocycles. The van der Waals surface area contributed by atoms with Gasteiger partial charge in [0.15, 0.2) is 5.78 Å². The normalized spacial score (nSPS) is 16.0. The van der Waals surface area contributed by atoms with Crippen molar-refractivity contribution in [3.05, 3.63) is 35.9 Å². The van der Waals surface area contributed by atoms with E-state index >= 15 is 0 Å². The number of nitrogens with one attached hydrogen (secondary N) is 1. The largest absolute Gasteiger partial charge is 0.349 e. The highest BCUT2D eigenvalue weighted by atomic mass is 32.2. The van der Waals surface area contributed by atoms with Gasteiger partial charge < -0.3 is 5.32 Å². The molecule has 3 nitrogen and oxygen atoms in total. The Morgan fingerprint density at radius 3 is 2.53 bits per heavy atom. The van der Waals surface area contributed by atoms with Crippen LogP contribution in [0.15, 0.2) is 30.3 Å². The molecular formula is C15H19NO2S. The summed E-state index contributed by atoms with van der Waals surface area (Å²) in [6.07, 6.45) is 2.79. The van der Waals surface area contributed by atoms with Crippen molar-refractivity contribution in [1.82, 2.24) is 5.32 Å². The summed E-state index contributed by atoms with van der Waals surface area (Å²) in [7, 11) is 0. The van der Waals surface area contributed by atoms with Crippen molar-refractivity contribution in [3.63, 3.8) is 0 Å². The van der Waals surface area contributed by atoms with E-state index in [0.717, 1.165) is 24.3 Å². The zero-order valence-corrected chi connectivity index (χ0v) is 11.7. The van der Waals surface area contributed by atoms with Gasteiger partial charge in [-0.3, -0.25) is 9.59 Å². The molecule has 1 aliphatic rings. The molecule has 0 radical (unpaired) electrons. The number of hydrogen-bond acceptors (Lipinski definition) is 3. The Morgan fingerprint density at radius 2 is 1.84 bits per heavy atom. The smallest absolute Gasteiger partial charge is 0.220 e. The molecular weight excluding hydrogens is 258 g/mol. The van der Waals surface area contributed by atoms with Gasteiger partial charge in [-0.05, 0) is 30.3 Å². The van der Waals surface area contributed by atoms with Crippen molar-refractivity contribution in [2.45, 2.75) is 19.3 Å². The molecule has 0 saturated carbocycles. The first-order chi connectivity index (χ1) is 9.25. The number of Topliss-reactive ketones (excluding diaryl/α,β-unsaturated/α-hetero) is 1. The third-order valence-electron chi connectivity index (χ3n) is 3.36. The van der Waals surface area contributed by atoms with Crippen LogP contribution in [0.3, 0.4) is 0 Å². The number of amides is 1. The van der Waals surface area contributed by atoms with Crippen molar-refractivity contribution in [3.8, 4) is 0 Å². The van der Waals surface area contributed by atoms with Crippen LogP contribution >= 0.6 is 11.8 Å². The van der Waals surface area contributed by atoms with E-state index in [1.54, 1.807) is 12.1 Å². The maximum atomic E-state index is 11.8. The molecule has 1 aromatic rings. The van der Waals surface area contributed by atoms with E-state index in [9.17, 15) is 9.59 Å². The van der Waals surface area contributed by atoms with Gasteiger partial charge in [-0.1, -0.05) is 30.3 Å². The highest BCUT2D eigenvalue weighted by molar-refractivity contribution is 7.99. The molecule has 0 aliphatic carbocycles. The third kappa shape index (κ3) is 4.71. The maximum absolute atomic E-state index is 11.8. The van der Waals surface area contributed by atoms with Gasteiger partial charge in [0.25, 0.3) is 0 Å². The van der Waals surface area contributed by atoms with Crippen LogP contribution in [-0.4, -0.2) is 29.7 Å². The molecule has 0 unspecified atom stereocenters. The van der Waals surface area contributed by atoms with Crippen LogP contribution in [0.2, 0.25) is 0 Å². The maximum Gasteiger partial charge on any atom is 0.220 e. The standard InChI is InChI=1S/C15H19NO2S/c17-14(13-4-2-1-3-5-13)11-16-15(18)10-12-6-8-19-9-7-12/h1-5,12H,6-11H2,(H,16,18). The van der Waals surface area contributed by atoms with E-state index in [-0.39, 0.29) is 18.2 Å². The van der Waals surface area contributed by atoms with Crippen LogP contribution < -0.4 is 5.32 Å². The number of hydrogen-bond donors (Lipinski definition) is 1. The third-order valence-corrected chi connectivity index (χ3v) is 4.41. The van der Waals surface area contributed by atoms with Crippen LogP contribution in [0.25, 0.3) is 0 Å². The van der Waals surface area contributed by atoms with E-state index < -0.39 is 0 Å². The molecule has 1 saturated heterocycles. The van der Waals surface area contributed by atoms with Crippen LogP contribution in [0.1, 0.15) is 29.6 Å². The lowest BCUT2D eigenvalue weighted by atomic mass is 9.98. The minimum Gasteiger partial charge on any atom is -0.349 e. The molecule has 0 bridgehead atoms. The summed E-state index contributed by atoms with van der Waals surface area (Å²) >= 11 is 1.96. The zero-order valence-electron chi connectivity index (χ0n) is 10.9. The fraction of sp³-hybridized carbons (Fsp3) is 0.467. The quantitative estimate of drug-likeness (QED) is 0.841. The van der Waals surface area contributed by atoms with Gasteiger partial charge in [-0.25, -0.2) is 0 Å². The monoisotopic (exact) mass is 277 g/mol. The van der Waals surface area contributed by atoms with Gasteiger partial charge >= 0.3 is 0 Å². The van der Waals surface area contributed by atoms with Crippen molar-refractivity contribution in [2.75, 3.05) is 18.1 Å². The van der Waals surface area contributed by atoms with E-state index in [0.29, 0.717) is 17.9 Å². The summed E-state index contributed by atoms with van der Waals surface area (Å²) in [4.78, 5) is 23.6. The Morgan fingerprint density at radius 1 is 1.16 bits per heavy atom. The molecule has 2 rings (SSSR count). The van der Waals surface area contributed by atoms with E-state index in [1.807, 2.05) is 30.0 Å². The minimum atomic E-state index is -0.0341. The molecule has 1 N–H and O–H groups in total. The van der Waals surface area contributed by atoms with Gasteiger partial charge in [0.05, 0.1) is 6.54 Å². The summed E-state index contributed by atoms with van der Waals surface area (Å²) < 4.78 is 0. The molecule has 0 atom stereocenters. The highest BCUT2D eigenvalue weighted by Gasteiger charge is 2.17. The molecule has 1 aromatic carbocycles. The Balaban J connectivity index is 1.72. The number of carbonyl (C=O) groups excluding carboxylic acids is 2. The Labute approximate surface area is 118 Å². The lowest BCUT2D eigenvalue weighted by molar-refractivity contribution is -0.121. The van der Waals surface area contributed by atoms with Gasteiger partial charge in [0.1, 0.15) is 0 Å². The second-order valence-corrected chi connectivity index (χ2v) is 6.05. The fourth-order valence-electron chi connectivity index (χ4n) is 2.19. The molecule has 4 heteroatoms. The predicted octanol–water partition coefficient (Wildman–Crippen LogP) is 2.52. The van der Waals surface area contributed by atoms with Crippen LogP contribution in [0.5, 0.6) is 0 Å². The lowest BCUT2D eigenvalue weighted by Gasteiger charge is -2.20. The molecule has 0 spiro atoms. The summed E-state index contributed by atoms with van der Waals surface area (Å²) in [5.41, 5.74) is 0.650. The van der Waals surface area contributed by atoms with Gasteiger partial charge in [-0.2, -0.15) is 11.8 Å². The summed E-state index contributed by atoms with van der Waals surface area (Å²) in [6.45, 7) is 0.102. The number of ketones is 1. The average Bonchev–Trinajstić information content (AvgIpc) is 2.47. The first kappa shape index (κ1) is 14.1. The number of rotatable bonds is 5. The molecule has 1 heterocycles. The number of thioether (sulfide) groups is 1. The predicted molar refractivity (Wildman–Crippen MR) is 78.4 cm³/mol. The average molecular weight is 277 g/mol. The second-order valence-electron chi connectivity index (χ2n) is 4.83. The van der Waals surface area contributed by atoms with Crippen molar-refractivity contribution in [1.29, 1.82) is 0 Å². The van der Waals surface area contributed by atoms with Gasteiger partial charge in [0.2, 0.25) is 5.91 Å². The Hall–Kier alpha value is -1.29. The first-order valence-electron chi connectivity index (χ1n) is 6.68. The summed E-state index contributed by atoms with van der Waals surface area (Å²) in [6, 6.07) is 9.07.